The highest BCUT2D eigenvalue weighted by Crippen LogP contribution is 2.32. The molecule has 3 aromatic rings. The number of thiophene rings is 1. The third-order valence-electron chi connectivity index (χ3n) is 5.41. The van der Waals surface area contributed by atoms with Gasteiger partial charge in [-0.15, -0.1) is 11.3 Å². The summed E-state index contributed by atoms with van der Waals surface area (Å²) in [6, 6.07) is 13.6. The van der Waals surface area contributed by atoms with Crippen LogP contribution in [0.3, 0.4) is 0 Å². The molecule has 0 aliphatic carbocycles. The first-order valence-corrected chi connectivity index (χ1v) is 11.7. The molecule has 4 rings (SSSR count). The van der Waals surface area contributed by atoms with Gasteiger partial charge in [-0.3, -0.25) is 4.79 Å². The number of hydrogen-bond donors (Lipinski definition) is 3. The Hall–Kier alpha value is -2.87. The van der Waals surface area contributed by atoms with E-state index in [1.165, 1.54) is 16.9 Å². The number of halogens is 1. The van der Waals surface area contributed by atoms with Crippen LogP contribution in [0.2, 0.25) is 5.02 Å². The number of amides is 1. The van der Waals surface area contributed by atoms with Gasteiger partial charge in [0.05, 0.1) is 4.88 Å². The van der Waals surface area contributed by atoms with Gasteiger partial charge in [0.2, 0.25) is 0 Å². The number of carbonyl (C=O) groups is 1. The van der Waals surface area contributed by atoms with E-state index in [2.05, 4.69) is 22.2 Å². The fourth-order valence-electron chi connectivity index (χ4n) is 3.59. The number of nitrogens with one attached hydrogen (secondary N) is 2. The van der Waals surface area contributed by atoms with E-state index < -0.39 is 0 Å². The van der Waals surface area contributed by atoms with Gasteiger partial charge >= 0.3 is 0 Å². The lowest BCUT2D eigenvalue weighted by Crippen LogP contribution is -2.46. The van der Waals surface area contributed by atoms with Gasteiger partial charge in [0.25, 0.3) is 5.91 Å². The fourth-order valence-corrected chi connectivity index (χ4v) is 4.76. The minimum atomic E-state index is 0.0700. The maximum atomic E-state index is 12.8. The third-order valence-corrected chi connectivity index (χ3v) is 6.75. The molecule has 0 bridgehead atoms. The van der Waals surface area contributed by atoms with Gasteiger partial charge in [-0.25, -0.2) is 4.99 Å². The largest absolute Gasteiger partial charge is 0.398 e. The number of rotatable bonds is 7. The zero-order valence-corrected chi connectivity index (χ0v) is 19.3. The number of nitrogen functional groups attached to an aromatic ring is 1. The van der Waals surface area contributed by atoms with Crippen LogP contribution in [-0.2, 0) is 6.42 Å². The van der Waals surface area contributed by atoms with Crippen molar-refractivity contribution in [3.63, 3.8) is 0 Å². The van der Waals surface area contributed by atoms with E-state index in [1.807, 2.05) is 47.4 Å². The summed E-state index contributed by atoms with van der Waals surface area (Å²) in [6.45, 7) is 7.80. The first-order chi connectivity index (χ1) is 15.5. The topological polar surface area (TPSA) is 82.8 Å². The minimum Gasteiger partial charge on any atom is -0.398 e. The summed E-state index contributed by atoms with van der Waals surface area (Å²) in [6.07, 6.45) is 2.56. The number of hydrogen-bond acceptors (Lipinski definition) is 6. The average Bonchev–Trinajstić information content (AvgIpc) is 3.25. The SMILES string of the molecule is C=C(/N=C\c1ccc2sc(C(=O)N3CCNCC3)cc2c1N)NCCc1ccc(Cl)cc1. The number of nitrogens with two attached hydrogens (primary N) is 1. The molecule has 1 aromatic heterocycles. The highest BCUT2D eigenvalue weighted by Gasteiger charge is 2.20. The Morgan fingerprint density at radius 2 is 2.00 bits per heavy atom. The van der Waals surface area contributed by atoms with Crippen LogP contribution in [0.25, 0.3) is 10.1 Å². The quantitative estimate of drug-likeness (QED) is 0.363. The van der Waals surface area contributed by atoms with Crippen LogP contribution < -0.4 is 16.4 Å². The summed E-state index contributed by atoms with van der Waals surface area (Å²) in [7, 11) is 0. The summed E-state index contributed by atoms with van der Waals surface area (Å²) >= 11 is 7.40. The molecular weight excluding hydrogens is 442 g/mol. The molecule has 2 heterocycles. The second-order valence-corrected chi connectivity index (χ2v) is 9.16. The predicted molar refractivity (Wildman–Crippen MR) is 135 cm³/mol. The molecule has 2 aromatic carbocycles. The molecule has 0 radical (unpaired) electrons. The van der Waals surface area contributed by atoms with E-state index in [0.29, 0.717) is 18.1 Å². The fraction of sp³-hybridized carbons (Fsp3) is 0.250. The number of anilines is 1. The van der Waals surface area contributed by atoms with Crippen molar-refractivity contribution in [2.45, 2.75) is 6.42 Å². The lowest BCUT2D eigenvalue weighted by molar-refractivity contribution is 0.0741. The Morgan fingerprint density at radius 3 is 2.75 bits per heavy atom. The standard InChI is InChI=1S/C24H26ClN5OS/c1-16(28-9-8-17-2-5-19(25)6-3-17)29-15-18-4-7-21-20(23(18)26)14-22(32-21)24(31)30-12-10-27-11-13-30/h2-7,14-15,27-28H,1,8-13,26H2/b29-15-. The predicted octanol–water partition coefficient (Wildman–Crippen LogP) is 3.90. The molecule has 1 amide bonds. The zero-order valence-electron chi connectivity index (χ0n) is 17.7. The van der Waals surface area contributed by atoms with E-state index in [4.69, 9.17) is 17.3 Å². The van der Waals surface area contributed by atoms with Crippen LogP contribution in [-0.4, -0.2) is 49.7 Å². The van der Waals surface area contributed by atoms with Crippen molar-refractivity contribution in [3.8, 4) is 0 Å². The first kappa shape index (κ1) is 22.3. The molecule has 1 aliphatic rings. The van der Waals surface area contributed by atoms with Crippen molar-refractivity contribution in [2.75, 3.05) is 38.5 Å². The van der Waals surface area contributed by atoms with E-state index in [9.17, 15) is 4.79 Å². The van der Waals surface area contributed by atoms with Gasteiger partial charge in [0.1, 0.15) is 5.82 Å². The normalized spacial score (nSPS) is 14.2. The Kier molecular flexibility index (Phi) is 7.09. The van der Waals surface area contributed by atoms with Crippen molar-refractivity contribution in [1.82, 2.24) is 15.5 Å². The maximum Gasteiger partial charge on any atom is 0.264 e. The van der Waals surface area contributed by atoms with Crippen molar-refractivity contribution >= 4 is 50.8 Å². The van der Waals surface area contributed by atoms with Crippen LogP contribution in [0.15, 0.2) is 59.9 Å². The minimum absolute atomic E-state index is 0.0700. The summed E-state index contributed by atoms with van der Waals surface area (Å²) in [5, 5.41) is 8.10. The van der Waals surface area contributed by atoms with E-state index in [1.54, 1.807) is 6.21 Å². The van der Waals surface area contributed by atoms with Crippen LogP contribution in [0, 0.1) is 0 Å². The molecule has 6 nitrogen and oxygen atoms in total. The maximum absolute atomic E-state index is 12.8. The van der Waals surface area contributed by atoms with Crippen LogP contribution in [0.1, 0.15) is 20.8 Å². The van der Waals surface area contributed by atoms with E-state index in [0.717, 1.165) is 58.1 Å². The highest BCUT2D eigenvalue weighted by atomic mass is 35.5. The second-order valence-electron chi connectivity index (χ2n) is 7.64. The summed E-state index contributed by atoms with van der Waals surface area (Å²) in [4.78, 5) is 19.8. The van der Waals surface area contributed by atoms with Crippen molar-refractivity contribution in [1.29, 1.82) is 0 Å². The van der Waals surface area contributed by atoms with Gasteiger partial charge in [-0.1, -0.05) is 30.3 Å². The van der Waals surface area contributed by atoms with E-state index in [-0.39, 0.29) is 5.91 Å². The summed E-state index contributed by atoms with van der Waals surface area (Å²) in [5.74, 6) is 0.638. The molecule has 1 aliphatic heterocycles. The van der Waals surface area contributed by atoms with Gasteiger partial charge in [-0.05, 0) is 42.3 Å². The number of fused-ring (bicyclic) bond motifs is 1. The van der Waals surface area contributed by atoms with Crippen molar-refractivity contribution in [3.05, 3.63) is 75.9 Å². The lowest BCUT2D eigenvalue weighted by Gasteiger charge is -2.26. The Balaban J connectivity index is 1.39. The number of piperazine rings is 1. The smallest absolute Gasteiger partial charge is 0.264 e. The van der Waals surface area contributed by atoms with Gasteiger partial charge in [0, 0.05) is 65.3 Å². The molecule has 0 atom stereocenters. The van der Waals surface area contributed by atoms with Crippen LogP contribution in [0.5, 0.6) is 0 Å². The molecule has 4 N–H and O–H groups in total. The second kappa shape index (κ2) is 10.2. The Labute approximate surface area is 196 Å². The lowest BCUT2D eigenvalue weighted by atomic mass is 10.1. The van der Waals surface area contributed by atoms with Crippen LogP contribution in [0.4, 0.5) is 5.69 Å². The monoisotopic (exact) mass is 467 g/mol. The number of nitrogens with zero attached hydrogens (tertiary/aromatic N) is 2. The zero-order chi connectivity index (χ0) is 22.5. The molecule has 0 spiro atoms. The third kappa shape index (κ3) is 5.30. The van der Waals surface area contributed by atoms with Crippen molar-refractivity contribution < 1.29 is 4.79 Å². The number of benzene rings is 2. The van der Waals surface area contributed by atoms with E-state index >= 15 is 0 Å². The molecule has 0 unspecified atom stereocenters. The van der Waals surface area contributed by atoms with Crippen LogP contribution >= 0.6 is 22.9 Å². The summed E-state index contributed by atoms with van der Waals surface area (Å²) < 4.78 is 0.998. The van der Waals surface area contributed by atoms with Gasteiger partial charge < -0.3 is 21.3 Å². The Morgan fingerprint density at radius 1 is 1.25 bits per heavy atom. The molecular formula is C24H26ClN5OS. The molecule has 32 heavy (non-hydrogen) atoms. The molecule has 0 saturated carbocycles. The molecule has 166 valence electrons. The number of carbonyl (C=O) groups excluding carboxylic acids is 1. The molecule has 1 saturated heterocycles. The highest BCUT2D eigenvalue weighted by molar-refractivity contribution is 7.20. The van der Waals surface area contributed by atoms with Gasteiger partial charge in [-0.2, -0.15) is 0 Å². The average molecular weight is 468 g/mol. The number of aliphatic imine (C=N–C) groups is 1. The molecule has 8 heteroatoms. The first-order valence-electron chi connectivity index (χ1n) is 10.5. The Bertz CT molecular complexity index is 1150. The summed E-state index contributed by atoms with van der Waals surface area (Å²) in [5.41, 5.74) is 9.02. The van der Waals surface area contributed by atoms with Gasteiger partial charge in [0.15, 0.2) is 0 Å². The van der Waals surface area contributed by atoms with Crippen molar-refractivity contribution in [2.24, 2.45) is 4.99 Å². The molecule has 1 fully saturated rings.